The number of para-hydroxylation sites is 2. The molecule has 0 saturated carbocycles. The van der Waals surface area contributed by atoms with Crippen LogP contribution in [0.5, 0.6) is 0 Å². The minimum atomic E-state index is -0.545. The van der Waals surface area contributed by atoms with E-state index in [9.17, 15) is 0 Å². The van der Waals surface area contributed by atoms with Crippen molar-refractivity contribution >= 4 is 65.3 Å². The van der Waals surface area contributed by atoms with Crippen molar-refractivity contribution in [1.29, 1.82) is 0 Å². The molecule has 3 heterocycles. The van der Waals surface area contributed by atoms with Gasteiger partial charge in [0.15, 0.2) is 5.82 Å². The molecule has 0 fully saturated rings. The summed E-state index contributed by atoms with van der Waals surface area (Å²) in [6.45, 7) is 0. The van der Waals surface area contributed by atoms with Crippen LogP contribution in [-0.2, 0) is 5.41 Å². The van der Waals surface area contributed by atoms with Crippen molar-refractivity contribution in [1.82, 2.24) is 14.5 Å². The fourth-order valence-electron chi connectivity index (χ4n) is 13.5. The summed E-state index contributed by atoms with van der Waals surface area (Å²) in [4.78, 5) is 10.6. The topological polar surface area (TPSA) is 43.9 Å². The lowest BCUT2D eigenvalue weighted by Gasteiger charge is -2.31. The maximum Gasteiger partial charge on any atom is 0.162 e. The third-order valence-electron chi connectivity index (χ3n) is 16.6. The normalized spacial score (nSPS) is 13.2. The minimum Gasteiger partial charge on any atom is -0.456 e. The molecule has 75 heavy (non-hydrogen) atoms. The van der Waals surface area contributed by atoms with E-state index in [4.69, 9.17) is 14.4 Å². The van der Waals surface area contributed by atoms with Crippen molar-refractivity contribution in [3.63, 3.8) is 0 Å². The van der Waals surface area contributed by atoms with E-state index >= 15 is 0 Å². The largest absolute Gasteiger partial charge is 0.456 e. The van der Waals surface area contributed by atoms with Crippen LogP contribution >= 0.6 is 0 Å². The molecule has 2 aliphatic carbocycles. The van der Waals surface area contributed by atoms with Gasteiger partial charge in [0.1, 0.15) is 17.0 Å². The molecule has 0 atom stereocenters. The highest BCUT2D eigenvalue weighted by Gasteiger charge is 2.52. The van der Waals surface area contributed by atoms with Crippen molar-refractivity contribution in [2.24, 2.45) is 0 Å². The van der Waals surface area contributed by atoms with E-state index in [0.717, 1.165) is 56.0 Å². The lowest BCUT2D eigenvalue weighted by Crippen LogP contribution is -2.25. The number of furan rings is 1. The molecule has 2 aliphatic rings. The average Bonchev–Trinajstić information content (AvgIpc) is 4.40. The summed E-state index contributed by atoms with van der Waals surface area (Å²) in [7, 11) is 0. The standard InChI is InChI=1S/C71H41N3O/c1-2-16-42(17-3-1)70-72-61(41-66(73-70)74-62-30-10-6-22-51(62)52-23-7-11-31-63(52)74)46-19-12-18-43(38-46)44-34-37-55-60(40-44)71(57-27-8-4-20-49(57)50-21-5-9-28-58(50)71)59-29-13-24-47(67(55)59)45-35-36-48-53-25-14-32-64-68(53)69-54(56(48)39-45)26-15-33-65(69)75-64/h1-41H. The molecule has 17 rings (SSSR count). The Labute approximate surface area is 431 Å². The van der Waals surface area contributed by atoms with Gasteiger partial charge in [-0.3, -0.25) is 4.57 Å². The van der Waals surface area contributed by atoms with Gasteiger partial charge in [0.2, 0.25) is 0 Å². The molecule has 0 unspecified atom stereocenters. The second-order valence-corrected chi connectivity index (χ2v) is 20.3. The smallest absolute Gasteiger partial charge is 0.162 e. The molecule has 12 aromatic carbocycles. The van der Waals surface area contributed by atoms with Crippen LogP contribution in [-0.4, -0.2) is 14.5 Å². The molecular weight excluding hydrogens is 911 g/mol. The van der Waals surface area contributed by atoms with Crippen LogP contribution in [0, 0.1) is 0 Å². The van der Waals surface area contributed by atoms with Gasteiger partial charge in [0, 0.05) is 38.7 Å². The van der Waals surface area contributed by atoms with E-state index in [1.165, 1.54) is 98.7 Å². The summed E-state index contributed by atoms with van der Waals surface area (Å²) in [5.74, 6) is 1.51. The van der Waals surface area contributed by atoms with Crippen LogP contribution in [0.1, 0.15) is 22.3 Å². The summed E-state index contributed by atoms with van der Waals surface area (Å²) in [6, 6.07) is 91.0. The summed E-state index contributed by atoms with van der Waals surface area (Å²) in [5.41, 5.74) is 21.4. The SMILES string of the molecule is c1ccc(-c2nc(-c3cccc(-c4ccc5c(c4)C4(c6ccccc6-c6ccccc64)c4cccc(-c6ccc7c(c6)c6cccc8oc9cccc7c9c86)c4-5)c3)cc(-n3c4ccccc4c4ccccc43)n2)cc1. The van der Waals surface area contributed by atoms with Crippen molar-refractivity contribution in [3.8, 4) is 73.0 Å². The van der Waals surface area contributed by atoms with Crippen molar-refractivity contribution in [2.75, 3.05) is 0 Å². The molecule has 0 radical (unpaired) electrons. The van der Waals surface area contributed by atoms with Gasteiger partial charge in [-0.05, 0) is 131 Å². The van der Waals surface area contributed by atoms with Crippen molar-refractivity contribution in [2.45, 2.75) is 5.41 Å². The molecule has 4 nitrogen and oxygen atoms in total. The highest BCUT2D eigenvalue weighted by atomic mass is 16.3. The van der Waals surface area contributed by atoms with Crippen molar-refractivity contribution < 1.29 is 4.42 Å². The van der Waals surface area contributed by atoms with E-state index in [2.05, 4.69) is 247 Å². The minimum absolute atomic E-state index is 0.545. The van der Waals surface area contributed by atoms with Gasteiger partial charge in [0.25, 0.3) is 0 Å². The fraction of sp³-hybridized carbons (Fsp3) is 0.0141. The Morgan fingerprint density at radius 3 is 1.63 bits per heavy atom. The van der Waals surface area contributed by atoms with Crippen LogP contribution in [0.25, 0.3) is 138 Å². The zero-order valence-corrected chi connectivity index (χ0v) is 40.4. The molecular formula is C71H41N3O. The quantitative estimate of drug-likeness (QED) is 0.162. The molecule has 0 saturated heterocycles. The maximum absolute atomic E-state index is 6.44. The number of rotatable bonds is 5. The Hall–Kier alpha value is -9.90. The number of nitrogens with zero attached hydrogens (tertiary/aromatic N) is 3. The number of hydrogen-bond donors (Lipinski definition) is 0. The monoisotopic (exact) mass is 951 g/mol. The molecule has 0 bridgehead atoms. The predicted octanol–water partition coefficient (Wildman–Crippen LogP) is 18.2. The fourth-order valence-corrected chi connectivity index (χ4v) is 13.5. The van der Waals surface area contributed by atoms with E-state index in [1.54, 1.807) is 0 Å². The lowest BCUT2D eigenvalue weighted by atomic mass is 9.70. The highest BCUT2D eigenvalue weighted by molar-refractivity contribution is 6.33. The zero-order chi connectivity index (χ0) is 48.9. The van der Waals surface area contributed by atoms with Gasteiger partial charge >= 0.3 is 0 Å². The van der Waals surface area contributed by atoms with Gasteiger partial charge in [-0.15, -0.1) is 0 Å². The third kappa shape index (κ3) is 5.49. The summed E-state index contributed by atoms with van der Waals surface area (Å²) >= 11 is 0. The van der Waals surface area contributed by atoms with Gasteiger partial charge in [-0.2, -0.15) is 0 Å². The second kappa shape index (κ2) is 15.1. The third-order valence-corrected chi connectivity index (χ3v) is 16.6. The summed E-state index contributed by atoms with van der Waals surface area (Å²) in [5, 5.41) is 9.71. The lowest BCUT2D eigenvalue weighted by molar-refractivity contribution is 0.669. The molecule has 15 aromatic rings. The molecule has 0 N–H and O–H groups in total. The summed E-state index contributed by atoms with van der Waals surface area (Å²) < 4.78 is 8.73. The number of hydrogen-bond acceptors (Lipinski definition) is 3. The van der Waals surface area contributed by atoms with Crippen molar-refractivity contribution in [3.05, 3.63) is 271 Å². The Bertz CT molecular complexity index is 4800. The molecule has 4 heteroatoms. The number of benzene rings is 12. The Kier molecular flexibility index (Phi) is 8.18. The van der Waals surface area contributed by atoms with Crippen LogP contribution in [0.3, 0.4) is 0 Å². The zero-order valence-electron chi connectivity index (χ0n) is 40.4. The Morgan fingerprint density at radius 1 is 0.320 bits per heavy atom. The molecule has 1 spiro atoms. The molecule has 346 valence electrons. The highest BCUT2D eigenvalue weighted by Crippen LogP contribution is 2.64. The second-order valence-electron chi connectivity index (χ2n) is 20.3. The van der Waals surface area contributed by atoms with E-state index in [1.807, 2.05) is 6.07 Å². The predicted molar refractivity (Wildman–Crippen MR) is 308 cm³/mol. The molecule has 0 aliphatic heterocycles. The van der Waals surface area contributed by atoms with E-state index in [-0.39, 0.29) is 0 Å². The number of fused-ring (bicyclic) bond motifs is 16. The number of aromatic nitrogens is 3. The van der Waals surface area contributed by atoms with Crippen LogP contribution in [0.2, 0.25) is 0 Å². The first-order chi connectivity index (χ1) is 37.2. The first-order valence-electron chi connectivity index (χ1n) is 25.8. The summed E-state index contributed by atoms with van der Waals surface area (Å²) in [6.07, 6.45) is 0. The molecule has 3 aromatic heterocycles. The van der Waals surface area contributed by atoms with E-state index in [0.29, 0.717) is 5.82 Å². The van der Waals surface area contributed by atoms with E-state index < -0.39 is 5.41 Å². The van der Waals surface area contributed by atoms with Gasteiger partial charge in [-0.1, -0.05) is 200 Å². The van der Waals surface area contributed by atoms with Gasteiger partial charge in [0.05, 0.1) is 22.1 Å². The van der Waals surface area contributed by atoms with Gasteiger partial charge in [-0.25, -0.2) is 9.97 Å². The van der Waals surface area contributed by atoms with Gasteiger partial charge < -0.3 is 4.42 Å². The maximum atomic E-state index is 6.44. The Morgan fingerprint density at radius 2 is 0.880 bits per heavy atom. The Balaban J connectivity index is 0.873. The van der Waals surface area contributed by atoms with Crippen LogP contribution in [0.15, 0.2) is 253 Å². The van der Waals surface area contributed by atoms with Crippen LogP contribution < -0.4 is 0 Å². The first-order valence-corrected chi connectivity index (χ1v) is 25.8. The van der Waals surface area contributed by atoms with Crippen LogP contribution in [0.4, 0.5) is 0 Å². The average molecular weight is 952 g/mol. The molecule has 0 amide bonds. The first kappa shape index (κ1) is 40.7.